The Balaban J connectivity index is 2.35. The molecule has 0 aromatic rings. The predicted molar refractivity (Wildman–Crippen MR) is 157 cm³/mol. The number of hydrogen-bond donors (Lipinski definition) is 1. The summed E-state index contributed by atoms with van der Waals surface area (Å²) < 4.78 is 73.2. The second-order valence-corrected chi connectivity index (χ2v) is 13.4. The lowest BCUT2D eigenvalue weighted by Gasteiger charge is -2.33. The third-order valence-electron chi connectivity index (χ3n) is 6.95. The Kier molecular flexibility index (Phi) is 23.2. The van der Waals surface area contributed by atoms with E-state index in [2.05, 4.69) is 0 Å². The van der Waals surface area contributed by atoms with Crippen molar-refractivity contribution in [2.24, 2.45) is 5.92 Å². The van der Waals surface area contributed by atoms with Crippen molar-refractivity contribution in [2.45, 2.75) is 75.9 Å². The fraction of sp³-hybridized carbons (Fsp3) is 1.00. The van der Waals surface area contributed by atoms with E-state index < -0.39 is 21.5 Å². The molecule has 41 heavy (non-hydrogen) atoms. The molecular formula is C27H56O12P2. The molecule has 1 fully saturated rings. The zero-order valence-corrected chi connectivity index (χ0v) is 27.6. The van der Waals surface area contributed by atoms with Gasteiger partial charge in [-0.15, -0.1) is 0 Å². The van der Waals surface area contributed by atoms with Gasteiger partial charge in [-0.1, -0.05) is 12.8 Å². The molecule has 2 unspecified atom stereocenters. The first kappa shape index (κ1) is 39.1. The molecule has 1 aliphatic carbocycles. The van der Waals surface area contributed by atoms with Crippen molar-refractivity contribution in [3.8, 4) is 0 Å². The summed E-state index contributed by atoms with van der Waals surface area (Å²) in [5.74, 6) is 0.751. The predicted octanol–water partition coefficient (Wildman–Crippen LogP) is 4.87. The highest BCUT2D eigenvalue weighted by atomic mass is 31.2. The SMILES string of the molecule is COCCCOC[C@@](COCCCOP(C)(=O)OCCCCC1CCC(OC)CC1)(CO[PH](=O)O)OCCCOC. The Morgan fingerprint density at radius 2 is 1.32 bits per heavy atom. The molecule has 0 spiro atoms. The molecular weight excluding hydrogens is 578 g/mol. The maximum Gasteiger partial charge on any atom is 0.327 e. The molecule has 246 valence electrons. The van der Waals surface area contributed by atoms with Crippen molar-refractivity contribution in [2.75, 3.05) is 94.1 Å². The Morgan fingerprint density at radius 3 is 1.88 bits per heavy atom. The van der Waals surface area contributed by atoms with Crippen LogP contribution in [-0.2, 0) is 51.1 Å². The molecule has 1 N–H and O–H groups in total. The molecule has 0 bridgehead atoms. The van der Waals surface area contributed by atoms with E-state index in [9.17, 15) is 14.0 Å². The normalized spacial score (nSPS) is 21.4. The van der Waals surface area contributed by atoms with E-state index >= 15 is 0 Å². The molecule has 0 aromatic carbocycles. The summed E-state index contributed by atoms with van der Waals surface area (Å²) in [5.41, 5.74) is -1.07. The van der Waals surface area contributed by atoms with Gasteiger partial charge < -0.3 is 46.9 Å². The molecule has 0 saturated heterocycles. The van der Waals surface area contributed by atoms with Gasteiger partial charge in [-0.3, -0.25) is 9.13 Å². The maximum absolute atomic E-state index is 12.6. The summed E-state index contributed by atoms with van der Waals surface area (Å²) >= 11 is 0. The minimum absolute atomic E-state index is 0.0762. The quantitative estimate of drug-likeness (QED) is 0.0929. The average molecular weight is 635 g/mol. The van der Waals surface area contributed by atoms with Crippen LogP contribution in [0.1, 0.15) is 64.2 Å². The standard InChI is InChI=1S/C27H56O12P2/c1-31-15-7-17-34-22-27(24-37-40(28)29,36-19-8-16-32-2)23-35-18-9-21-39-41(4,30)38-20-6-5-10-25-11-13-26(33-3)14-12-25/h25-26,40H,5-24H2,1-4H3,(H,28,29)/t25?,26?,27-,41?/m1/s1. The van der Waals surface area contributed by atoms with Crippen molar-refractivity contribution in [3.63, 3.8) is 0 Å². The molecule has 1 rings (SSSR count). The van der Waals surface area contributed by atoms with Crippen LogP contribution >= 0.6 is 15.9 Å². The van der Waals surface area contributed by atoms with Crippen molar-refractivity contribution >= 4 is 15.9 Å². The summed E-state index contributed by atoms with van der Waals surface area (Å²) in [4.78, 5) is 9.24. The minimum atomic E-state index is -3.17. The zero-order chi connectivity index (χ0) is 30.2. The van der Waals surface area contributed by atoms with E-state index in [1.807, 2.05) is 0 Å². The molecule has 12 nitrogen and oxygen atoms in total. The van der Waals surface area contributed by atoms with E-state index in [1.165, 1.54) is 25.9 Å². The first-order valence-corrected chi connectivity index (χ1v) is 18.0. The minimum Gasteiger partial charge on any atom is -0.385 e. The molecule has 0 aliphatic heterocycles. The van der Waals surface area contributed by atoms with Gasteiger partial charge in [0, 0.05) is 61.0 Å². The summed E-state index contributed by atoms with van der Waals surface area (Å²) in [7, 11) is -1.30. The molecule has 3 atom stereocenters. The van der Waals surface area contributed by atoms with E-state index in [0.717, 1.165) is 31.6 Å². The molecule has 0 radical (unpaired) electrons. The lowest BCUT2D eigenvalue weighted by molar-refractivity contribution is -0.155. The van der Waals surface area contributed by atoms with Crippen LogP contribution in [0, 0.1) is 5.92 Å². The second kappa shape index (κ2) is 24.4. The van der Waals surface area contributed by atoms with Gasteiger partial charge in [0.15, 0.2) is 0 Å². The third-order valence-corrected chi connectivity index (χ3v) is 8.64. The van der Waals surface area contributed by atoms with Crippen LogP contribution in [0.15, 0.2) is 0 Å². The topological polar surface area (TPSA) is 137 Å². The number of rotatable bonds is 28. The summed E-state index contributed by atoms with van der Waals surface area (Å²) in [5, 5.41) is 0. The second-order valence-electron chi connectivity index (χ2n) is 10.5. The van der Waals surface area contributed by atoms with Gasteiger partial charge in [-0.25, -0.2) is 0 Å². The van der Waals surface area contributed by atoms with E-state index in [0.29, 0.717) is 65.0 Å². The first-order valence-electron chi connectivity index (χ1n) is 14.8. The van der Waals surface area contributed by atoms with Crippen molar-refractivity contribution in [1.82, 2.24) is 0 Å². The van der Waals surface area contributed by atoms with Crippen LogP contribution in [0.2, 0.25) is 0 Å². The summed E-state index contributed by atoms with van der Waals surface area (Å²) in [6.07, 6.45) is 10.0. The first-order chi connectivity index (χ1) is 19.8. The van der Waals surface area contributed by atoms with E-state index in [1.54, 1.807) is 21.3 Å². The number of unbranched alkanes of at least 4 members (excludes halogenated alkanes) is 1. The van der Waals surface area contributed by atoms with Crippen LogP contribution in [0.3, 0.4) is 0 Å². The van der Waals surface area contributed by atoms with Gasteiger partial charge in [-0.2, -0.15) is 0 Å². The van der Waals surface area contributed by atoms with Crippen LogP contribution in [0.25, 0.3) is 0 Å². The smallest absolute Gasteiger partial charge is 0.327 e. The molecule has 0 heterocycles. The molecule has 0 aromatic heterocycles. The Bertz CT molecular complexity index is 693. The van der Waals surface area contributed by atoms with E-state index in [4.69, 9.17) is 42.0 Å². The molecule has 1 saturated carbocycles. The molecule has 14 heteroatoms. The van der Waals surface area contributed by atoms with Crippen LogP contribution in [0.5, 0.6) is 0 Å². The Morgan fingerprint density at radius 1 is 0.756 bits per heavy atom. The van der Waals surface area contributed by atoms with Gasteiger partial charge in [0.2, 0.25) is 0 Å². The lowest BCUT2D eigenvalue weighted by atomic mass is 9.84. The highest BCUT2D eigenvalue weighted by molar-refractivity contribution is 7.52. The number of methoxy groups -OCH3 is 3. The van der Waals surface area contributed by atoms with Gasteiger partial charge in [0.1, 0.15) is 5.60 Å². The summed E-state index contributed by atoms with van der Waals surface area (Å²) in [6, 6.07) is 0. The van der Waals surface area contributed by atoms with Gasteiger partial charge in [0.05, 0.1) is 39.1 Å². The molecule has 0 amide bonds. The zero-order valence-electron chi connectivity index (χ0n) is 25.7. The van der Waals surface area contributed by atoms with Gasteiger partial charge >= 0.3 is 15.9 Å². The third kappa shape index (κ3) is 20.6. The van der Waals surface area contributed by atoms with Gasteiger partial charge in [-0.05, 0) is 57.3 Å². The van der Waals surface area contributed by atoms with E-state index in [-0.39, 0.29) is 26.4 Å². The van der Waals surface area contributed by atoms with Gasteiger partial charge in [0.25, 0.3) is 0 Å². The fourth-order valence-corrected chi connectivity index (χ4v) is 5.99. The monoisotopic (exact) mass is 634 g/mol. The average Bonchev–Trinajstić information content (AvgIpc) is 2.96. The highest BCUT2D eigenvalue weighted by Crippen LogP contribution is 2.44. The Labute approximate surface area is 247 Å². The van der Waals surface area contributed by atoms with Crippen LogP contribution in [0.4, 0.5) is 0 Å². The highest BCUT2D eigenvalue weighted by Gasteiger charge is 2.33. The number of hydrogen-bond acceptors (Lipinski definition) is 11. The van der Waals surface area contributed by atoms with Crippen LogP contribution < -0.4 is 0 Å². The Hall–Kier alpha value is 0.0600. The fourth-order valence-electron chi connectivity index (χ4n) is 4.61. The molecule has 1 aliphatic rings. The van der Waals surface area contributed by atoms with Crippen molar-refractivity contribution < 1.29 is 56.0 Å². The number of ether oxygens (including phenoxy) is 6. The summed E-state index contributed by atoms with van der Waals surface area (Å²) in [6.45, 7) is 4.28. The maximum atomic E-state index is 12.6. The largest absolute Gasteiger partial charge is 0.385 e. The van der Waals surface area contributed by atoms with Crippen molar-refractivity contribution in [1.29, 1.82) is 0 Å². The lowest BCUT2D eigenvalue weighted by Crippen LogP contribution is -2.47. The van der Waals surface area contributed by atoms with Crippen LogP contribution in [-0.4, -0.2) is 111 Å². The van der Waals surface area contributed by atoms with Crippen molar-refractivity contribution in [3.05, 3.63) is 0 Å².